The molecule has 1 saturated heterocycles. The molecule has 0 bridgehead atoms. The molecule has 0 aromatic rings. The zero-order valence-electron chi connectivity index (χ0n) is 15.4. The van der Waals surface area contributed by atoms with Crippen LogP contribution < -0.4 is 0 Å². The van der Waals surface area contributed by atoms with Crippen LogP contribution in [0.15, 0.2) is 47.6 Å². The molecule has 2 unspecified atom stereocenters. The number of ether oxygens (including phenoxy) is 1. The molecule has 2 amide bonds. The first-order chi connectivity index (χ1) is 11.8. The second-order valence-corrected chi connectivity index (χ2v) is 7.91. The molecule has 0 aromatic carbocycles. The fourth-order valence-corrected chi connectivity index (χ4v) is 3.67. The molecule has 25 heavy (non-hydrogen) atoms. The molecule has 2 atom stereocenters. The highest BCUT2D eigenvalue weighted by molar-refractivity contribution is 5.98. The molecular weight excluding hydrogens is 316 g/mol. The van der Waals surface area contributed by atoms with Crippen LogP contribution in [0.5, 0.6) is 0 Å². The number of nitrogens with zero attached hydrogens (tertiary/aromatic N) is 2. The van der Waals surface area contributed by atoms with Gasteiger partial charge in [-0.2, -0.15) is 0 Å². The van der Waals surface area contributed by atoms with Crippen LogP contribution >= 0.6 is 0 Å². The summed E-state index contributed by atoms with van der Waals surface area (Å²) in [5.41, 5.74) is 1.24. The van der Waals surface area contributed by atoms with E-state index in [-0.39, 0.29) is 23.8 Å². The molecular formula is C20H26N2O3. The number of hydrogen-bond acceptors (Lipinski definition) is 3. The maximum atomic E-state index is 12.7. The number of rotatable bonds is 0. The molecule has 5 nitrogen and oxygen atoms in total. The lowest BCUT2D eigenvalue weighted by molar-refractivity contribution is -0.125. The Labute approximate surface area is 149 Å². The van der Waals surface area contributed by atoms with Crippen LogP contribution in [0.2, 0.25) is 0 Å². The van der Waals surface area contributed by atoms with E-state index in [1.165, 1.54) is 0 Å². The highest BCUT2D eigenvalue weighted by atomic mass is 16.6. The van der Waals surface area contributed by atoms with Crippen molar-refractivity contribution in [1.29, 1.82) is 0 Å². The average Bonchev–Trinajstić information content (AvgIpc) is 2.85. The van der Waals surface area contributed by atoms with Crippen LogP contribution in [-0.4, -0.2) is 54.1 Å². The van der Waals surface area contributed by atoms with E-state index in [0.29, 0.717) is 19.6 Å². The monoisotopic (exact) mass is 342 g/mol. The van der Waals surface area contributed by atoms with Crippen molar-refractivity contribution in [1.82, 2.24) is 9.80 Å². The first-order valence-electron chi connectivity index (χ1n) is 8.75. The van der Waals surface area contributed by atoms with Crippen molar-refractivity contribution < 1.29 is 14.3 Å². The fourth-order valence-electron chi connectivity index (χ4n) is 3.67. The molecule has 0 radical (unpaired) electrons. The lowest BCUT2D eigenvalue weighted by Crippen LogP contribution is -2.37. The van der Waals surface area contributed by atoms with Crippen molar-refractivity contribution in [3.8, 4) is 0 Å². The van der Waals surface area contributed by atoms with Crippen molar-refractivity contribution >= 4 is 12.0 Å². The van der Waals surface area contributed by atoms with Crippen LogP contribution in [0, 0.1) is 11.8 Å². The molecule has 0 spiro atoms. The second-order valence-electron chi connectivity index (χ2n) is 7.91. The minimum atomic E-state index is -0.507. The molecule has 3 aliphatic rings. The normalized spacial score (nSPS) is 30.0. The molecule has 0 saturated carbocycles. The smallest absolute Gasteiger partial charge is 0.410 e. The van der Waals surface area contributed by atoms with Crippen LogP contribution in [0.4, 0.5) is 4.79 Å². The summed E-state index contributed by atoms with van der Waals surface area (Å²) in [4.78, 5) is 28.8. The number of carbonyl (C=O) groups is 2. The van der Waals surface area contributed by atoms with Crippen LogP contribution in [0.1, 0.15) is 20.8 Å². The topological polar surface area (TPSA) is 49.9 Å². The van der Waals surface area contributed by atoms with Crippen molar-refractivity contribution in [3.05, 3.63) is 47.6 Å². The molecule has 3 rings (SSSR count). The SMILES string of the molecule is CN1CC2CN(C(=O)OC(C)(C)C)CC2C2=C(\C=C/C=C\C=C/2)C1=O. The Balaban J connectivity index is 1.91. The van der Waals surface area contributed by atoms with E-state index in [2.05, 4.69) is 0 Å². The third-order valence-electron chi connectivity index (χ3n) is 4.76. The standard InChI is InChI=1S/C20H26N2O3/c1-20(2,3)25-19(24)22-12-14-11-21(4)18(23)16-10-8-6-5-7-9-15(16)17(14)13-22/h5-10,14,17H,11-13H2,1-4H3/b6-5-,7-5?,8-6?,9-7-,10-8-,15-9?,16-10?. The third kappa shape index (κ3) is 3.70. The highest BCUT2D eigenvalue weighted by Crippen LogP contribution is 2.37. The van der Waals surface area contributed by atoms with Crippen LogP contribution in [-0.2, 0) is 9.53 Å². The first-order valence-corrected chi connectivity index (χ1v) is 8.75. The maximum absolute atomic E-state index is 12.7. The zero-order valence-corrected chi connectivity index (χ0v) is 15.4. The lowest BCUT2D eigenvalue weighted by Gasteiger charge is -2.25. The van der Waals surface area contributed by atoms with Crippen molar-refractivity contribution in [2.24, 2.45) is 11.8 Å². The third-order valence-corrected chi connectivity index (χ3v) is 4.76. The number of carbonyl (C=O) groups excluding carboxylic acids is 2. The van der Waals surface area contributed by atoms with E-state index in [1.807, 2.05) is 64.3 Å². The number of likely N-dealkylation sites (N-methyl/N-ethyl adjacent to an activating group) is 1. The van der Waals surface area contributed by atoms with E-state index in [4.69, 9.17) is 4.74 Å². The minimum absolute atomic E-state index is 0.0458. The van der Waals surface area contributed by atoms with Gasteiger partial charge in [0.15, 0.2) is 0 Å². The molecule has 1 fully saturated rings. The Kier molecular flexibility index (Phi) is 4.58. The molecule has 0 N–H and O–H groups in total. The Morgan fingerprint density at radius 1 is 1.08 bits per heavy atom. The molecule has 2 heterocycles. The summed E-state index contributed by atoms with van der Waals surface area (Å²) >= 11 is 0. The van der Waals surface area contributed by atoms with E-state index in [1.54, 1.807) is 9.80 Å². The van der Waals surface area contributed by atoms with Gasteiger partial charge in [0.25, 0.3) is 5.91 Å². The molecule has 134 valence electrons. The van der Waals surface area contributed by atoms with Crippen molar-refractivity contribution in [3.63, 3.8) is 0 Å². The van der Waals surface area contributed by atoms with E-state index in [0.717, 1.165) is 11.1 Å². The first kappa shape index (κ1) is 17.5. The Morgan fingerprint density at radius 3 is 2.44 bits per heavy atom. The van der Waals surface area contributed by atoms with Crippen molar-refractivity contribution in [2.75, 3.05) is 26.7 Å². The summed E-state index contributed by atoms with van der Waals surface area (Å²) in [7, 11) is 1.83. The van der Waals surface area contributed by atoms with Gasteiger partial charge in [-0.15, -0.1) is 0 Å². The molecule has 5 heteroatoms. The summed E-state index contributed by atoms with van der Waals surface area (Å²) < 4.78 is 5.53. The van der Waals surface area contributed by atoms with Gasteiger partial charge in [0.05, 0.1) is 0 Å². The zero-order chi connectivity index (χ0) is 18.2. The van der Waals surface area contributed by atoms with Gasteiger partial charge in [0.2, 0.25) is 0 Å². The number of amides is 2. The van der Waals surface area contributed by atoms with Gasteiger partial charge in [0, 0.05) is 44.1 Å². The Morgan fingerprint density at radius 2 is 1.76 bits per heavy atom. The summed E-state index contributed by atoms with van der Waals surface area (Å²) in [6, 6.07) is 0. The second kappa shape index (κ2) is 6.54. The maximum Gasteiger partial charge on any atom is 0.410 e. The quantitative estimate of drug-likeness (QED) is 0.680. The predicted molar refractivity (Wildman–Crippen MR) is 96.9 cm³/mol. The van der Waals surface area contributed by atoms with Crippen molar-refractivity contribution in [2.45, 2.75) is 26.4 Å². The average molecular weight is 342 g/mol. The number of likely N-dealkylation sites (tertiary alicyclic amines) is 1. The number of fused-ring (bicyclic) bond motifs is 2. The van der Waals surface area contributed by atoms with Crippen LogP contribution in [0.3, 0.4) is 0 Å². The molecule has 1 aliphatic carbocycles. The van der Waals surface area contributed by atoms with Gasteiger partial charge in [-0.25, -0.2) is 4.79 Å². The van der Waals surface area contributed by atoms with Crippen LogP contribution in [0.25, 0.3) is 0 Å². The van der Waals surface area contributed by atoms with Gasteiger partial charge >= 0.3 is 6.09 Å². The largest absolute Gasteiger partial charge is 0.444 e. The van der Waals surface area contributed by atoms with Gasteiger partial charge in [-0.05, 0) is 32.4 Å². The fraction of sp³-hybridized carbons (Fsp3) is 0.500. The Bertz CT molecular complexity index is 694. The number of allylic oxidation sites excluding steroid dienone is 5. The van der Waals surface area contributed by atoms with E-state index in [9.17, 15) is 9.59 Å². The van der Waals surface area contributed by atoms with Gasteiger partial charge in [-0.1, -0.05) is 30.4 Å². The van der Waals surface area contributed by atoms with Gasteiger partial charge in [-0.3, -0.25) is 4.79 Å². The number of hydrogen-bond donors (Lipinski definition) is 0. The summed E-state index contributed by atoms with van der Waals surface area (Å²) in [5.74, 6) is 0.406. The van der Waals surface area contributed by atoms with E-state index < -0.39 is 5.60 Å². The minimum Gasteiger partial charge on any atom is -0.444 e. The molecule has 2 aliphatic heterocycles. The lowest BCUT2D eigenvalue weighted by atomic mass is 9.86. The summed E-state index contributed by atoms with van der Waals surface area (Å²) in [6.07, 6.45) is 11.3. The Hall–Kier alpha value is -2.30. The predicted octanol–water partition coefficient (Wildman–Crippen LogP) is 2.92. The van der Waals surface area contributed by atoms with Gasteiger partial charge < -0.3 is 14.5 Å². The molecule has 0 aromatic heterocycles. The summed E-state index contributed by atoms with van der Waals surface area (Å²) in [5, 5.41) is 0. The highest BCUT2D eigenvalue weighted by Gasteiger charge is 2.42. The summed E-state index contributed by atoms with van der Waals surface area (Å²) in [6.45, 7) is 7.47. The van der Waals surface area contributed by atoms with E-state index >= 15 is 0 Å². The van der Waals surface area contributed by atoms with Gasteiger partial charge in [0.1, 0.15) is 5.60 Å².